The van der Waals surface area contributed by atoms with E-state index in [-0.39, 0.29) is 12.3 Å². The van der Waals surface area contributed by atoms with Gasteiger partial charge in [-0.05, 0) is 31.2 Å². The van der Waals surface area contributed by atoms with Gasteiger partial charge in [-0.3, -0.25) is 4.79 Å². The predicted octanol–water partition coefficient (Wildman–Crippen LogP) is 2.41. The number of rotatable bonds is 4. The van der Waals surface area contributed by atoms with E-state index in [9.17, 15) is 18.0 Å². The summed E-state index contributed by atoms with van der Waals surface area (Å²) in [7, 11) is 1.60. The van der Waals surface area contributed by atoms with E-state index in [0.29, 0.717) is 30.0 Å². The molecule has 21 heavy (non-hydrogen) atoms. The maximum Gasteiger partial charge on any atom is 0.389 e. The van der Waals surface area contributed by atoms with Crippen molar-refractivity contribution in [2.75, 3.05) is 20.2 Å². The second-order valence-corrected chi connectivity index (χ2v) is 4.86. The van der Waals surface area contributed by atoms with Crippen molar-refractivity contribution in [1.29, 1.82) is 0 Å². The molecule has 2 N–H and O–H groups in total. The molecule has 0 saturated heterocycles. The van der Waals surface area contributed by atoms with Crippen molar-refractivity contribution >= 4 is 5.91 Å². The van der Waals surface area contributed by atoms with E-state index in [1.54, 1.807) is 25.2 Å². The zero-order chi connectivity index (χ0) is 15.5. The quantitative estimate of drug-likeness (QED) is 0.898. The topological polar surface area (TPSA) is 50.4 Å². The average Bonchev–Trinajstić information content (AvgIpc) is 2.60. The second-order valence-electron chi connectivity index (χ2n) is 4.86. The molecule has 0 radical (unpaired) electrons. The van der Waals surface area contributed by atoms with Crippen LogP contribution in [0.15, 0.2) is 18.2 Å². The zero-order valence-corrected chi connectivity index (χ0v) is 11.6. The number of ether oxygens (including phenoxy) is 1. The number of halogens is 3. The summed E-state index contributed by atoms with van der Waals surface area (Å²) in [5, 5.41) is 5.53. The Kier molecular flexibility index (Phi) is 4.72. The lowest BCUT2D eigenvalue weighted by atomic mass is 9.99. The van der Waals surface area contributed by atoms with Crippen LogP contribution >= 0.6 is 0 Å². The lowest BCUT2D eigenvalue weighted by Gasteiger charge is -2.19. The summed E-state index contributed by atoms with van der Waals surface area (Å²) in [6.45, 7) is 0.786. The van der Waals surface area contributed by atoms with Crippen LogP contribution in [-0.4, -0.2) is 32.3 Å². The fraction of sp³-hybridized carbons (Fsp3) is 0.500. The van der Waals surface area contributed by atoms with Crippen molar-refractivity contribution in [3.8, 4) is 5.75 Å². The van der Waals surface area contributed by atoms with Gasteiger partial charge in [0.25, 0.3) is 5.91 Å². The Morgan fingerprint density at radius 3 is 2.86 bits per heavy atom. The van der Waals surface area contributed by atoms with E-state index < -0.39 is 18.6 Å². The minimum atomic E-state index is -4.19. The third kappa shape index (κ3) is 4.10. The Balaban J connectivity index is 2.20. The summed E-state index contributed by atoms with van der Waals surface area (Å²) in [5.41, 5.74) is 0.999. The molecular weight excluding hydrogens is 285 g/mol. The van der Waals surface area contributed by atoms with Crippen molar-refractivity contribution in [3.05, 3.63) is 29.3 Å². The highest BCUT2D eigenvalue weighted by Gasteiger charge is 2.29. The van der Waals surface area contributed by atoms with Crippen molar-refractivity contribution in [2.45, 2.75) is 25.1 Å². The lowest BCUT2D eigenvalue weighted by Crippen LogP contribution is -2.25. The van der Waals surface area contributed by atoms with Gasteiger partial charge in [-0.15, -0.1) is 0 Å². The zero-order valence-electron chi connectivity index (χ0n) is 11.6. The van der Waals surface area contributed by atoms with Gasteiger partial charge in [0.05, 0.1) is 12.1 Å². The first-order valence-corrected chi connectivity index (χ1v) is 6.69. The van der Waals surface area contributed by atoms with Crippen molar-refractivity contribution in [3.63, 3.8) is 0 Å². The van der Waals surface area contributed by atoms with Crippen LogP contribution in [0.1, 0.15) is 34.8 Å². The molecular formula is C14H17F3N2O2. The molecule has 1 aliphatic heterocycles. The molecule has 0 spiro atoms. The first-order chi connectivity index (χ1) is 9.90. The van der Waals surface area contributed by atoms with Crippen molar-refractivity contribution < 1.29 is 22.7 Å². The molecule has 1 amide bonds. The number of alkyl halides is 3. The number of amides is 1. The van der Waals surface area contributed by atoms with Gasteiger partial charge in [0, 0.05) is 12.5 Å². The number of benzene rings is 1. The first kappa shape index (κ1) is 15.6. The summed E-state index contributed by atoms with van der Waals surface area (Å²) in [4.78, 5) is 11.9. The Labute approximate surface area is 120 Å². The molecule has 1 heterocycles. The normalized spacial score (nSPS) is 16.5. The van der Waals surface area contributed by atoms with Crippen LogP contribution in [0.3, 0.4) is 0 Å². The van der Waals surface area contributed by atoms with Gasteiger partial charge in [0.2, 0.25) is 0 Å². The van der Waals surface area contributed by atoms with Gasteiger partial charge in [-0.1, -0.05) is 6.07 Å². The van der Waals surface area contributed by atoms with Gasteiger partial charge in [-0.25, -0.2) is 0 Å². The molecule has 7 heteroatoms. The lowest BCUT2D eigenvalue weighted by molar-refractivity contribution is -0.136. The Bertz CT molecular complexity index is 517. The Morgan fingerprint density at radius 1 is 1.43 bits per heavy atom. The standard InChI is InChI=1S/C14H17F3N2O2/c1-18-11(4-5-14(15,16)17)9-2-3-12-10(8-9)13(20)19-6-7-21-12/h2-3,8,11,18H,4-7H2,1H3,(H,19,20). The summed E-state index contributed by atoms with van der Waals surface area (Å²) in [6, 6.07) is 4.45. The molecule has 0 saturated carbocycles. The second kappa shape index (κ2) is 6.34. The fourth-order valence-electron chi connectivity index (χ4n) is 2.27. The van der Waals surface area contributed by atoms with E-state index in [1.165, 1.54) is 0 Å². The largest absolute Gasteiger partial charge is 0.491 e. The third-order valence-corrected chi connectivity index (χ3v) is 3.36. The first-order valence-electron chi connectivity index (χ1n) is 6.69. The highest BCUT2D eigenvalue weighted by atomic mass is 19.4. The summed E-state index contributed by atoms with van der Waals surface area (Å²) >= 11 is 0. The van der Waals surface area contributed by atoms with Gasteiger partial charge in [-0.2, -0.15) is 13.2 Å². The Hall–Kier alpha value is -1.76. The van der Waals surface area contributed by atoms with E-state index in [2.05, 4.69) is 10.6 Å². The van der Waals surface area contributed by atoms with Gasteiger partial charge in [0.1, 0.15) is 12.4 Å². The van der Waals surface area contributed by atoms with Crippen molar-refractivity contribution in [2.24, 2.45) is 0 Å². The molecule has 2 rings (SSSR count). The monoisotopic (exact) mass is 302 g/mol. The minimum Gasteiger partial charge on any atom is -0.491 e. The average molecular weight is 302 g/mol. The van der Waals surface area contributed by atoms with Crippen LogP contribution in [0.5, 0.6) is 5.75 Å². The van der Waals surface area contributed by atoms with E-state index in [1.807, 2.05) is 0 Å². The molecule has 0 bridgehead atoms. The van der Waals surface area contributed by atoms with Crippen LogP contribution in [0.4, 0.5) is 13.2 Å². The number of nitrogens with one attached hydrogen (secondary N) is 2. The number of carbonyl (C=O) groups excluding carboxylic acids is 1. The van der Waals surface area contributed by atoms with Crippen molar-refractivity contribution in [1.82, 2.24) is 10.6 Å². The van der Waals surface area contributed by atoms with Gasteiger partial charge in [0.15, 0.2) is 0 Å². The number of hydrogen-bond donors (Lipinski definition) is 2. The molecule has 0 aliphatic carbocycles. The number of hydrogen-bond acceptors (Lipinski definition) is 3. The maximum atomic E-state index is 12.3. The van der Waals surface area contributed by atoms with Gasteiger partial charge >= 0.3 is 6.18 Å². The fourth-order valence-corrected chi connectivity index (χ4v) is 2.27. The summed E-state index contributed by atoms with van der Waals surface area (Å²) < 4.78 is 42.5. The summed E-state index contributed by atoms with van der Waals surface area (Å²) in [6.07, 6.45) is -5.15. The molecule has 4 nitrogen and oxygen atoms in total. The SMILES string of the molecule is CNC(CCC(F)(F)F)c1ccc2c(c1)C(=O)NCCO2. The molecule has 116 valence electrons. The molecule has 0 fully saturated rings. The molecule has 1 unspecified atom stereocenters. The molecule has 1 aromatic carbocycles. The number of carbonyl (C=O) groups is 1. The molecule has 1 atom stereocenters. The molecule has 0 aromatic heterocycles. The highest BCUT2D eigenvalue weighted by Crippen LogP contribution is 2.30. The smallest absolute Gasteiger partial charge is 0.389 e. The highest BCUT2D eigenvalue weighted by molar-refractivity contribution is 5.97. The number of fused-ring (bicyclic) bond motifs is 1. The van der Waals surface area contributed by atoms with Crippen LogP contribution in [0.25, 0.3) is 0 Å². The van der Waals surface area contributed by atoms with Crippen LogP contribution in [0, 0.1) is 0 Å². The van der Waals surface area contributed by atoms with E-state index >= 15 is 0 Å². The van der Waals surface area contributed by atoms with Gasteiger partial charge < -0.3 is 15.4 Å². The van der Waals surface area contributed by atoms with E-state index in [4.69, 9.17) is 4.74 Å². The molecule has 1 aliphatic rings. The predicted molar refractivity (Wildman–Crippen MR) is 71.4 cm³/mol. The van der Waals surface area contributed by atoms with Crippen LogP contribution in [0.2, 0.25) is 0 Å². The van der Waals surface area contributed by atoms with Crippen LogP contribution < -0.4 is 15.4 Å². The van der Waals surface area contributed by atoms with E-state index in [0.717, 1.165) is 0 Å². The maximum absolute atomic E-state index is 12.3. The van der Waals surface area contributed by atoms with Crippen LogP contribution in [-0.2, 0) is 0 Å². The Morgan fingerprint density at radius 2 is 2.19 bits per heavy atom. The third-order valence-electron chi connectivity index (χ3n) is 3.36. The minimum absolute atomic E-state index is 0.0821. The molecule has 1 aromatic rings. The summed E-state index contributed by atoms with van der Waals surface area (Å²) in [5.74, 6) is 0.189.